The normalized spacial score (nSPS) is 11.9. The van der Waals surface area contributed by atoms with E-state index in [1.807, 2.05) is 0 Å². The van der Waals surface area contributed by atoms with Crippen molar-refractivity contribution in [2.75, 3.05) is 0 Å². The summed E-state index contributed by atoms with van der Waals surface area (Å²) in [6.07, 6.45) is 0. The van der Waals surface area contributed by atoms with Gasteiger partial charge in [-0.05, 0) is 31.5 Å². The molecule has 22 heavy (non-hydrogen) atoms. The molecule has 0 saturated heterocycles. The Balaban J connectivity index is 2.15. The van der Waals surface area contributed by atoms with E-state index in [0.29, 0.717) is 0 Å². The lowest BCUT2D eigenvalue weighted by atomic mass is 10.0. The fraction of sp³-hybridized carbons (Fsp3) is 0.250. The van der Waals surface area contributed by atoms with Crippen LogP contribution in [0.15, 0.2) is 48.5 Å². The molecule has 1 aromatic heterocycles. The standard InChI is InChI=1S/C20H23NSi/c1-14-6-8-16(9-7-14)20-15(2)12-17-13-18(22(3,4)5)10-11-19(17)21-20/h6-13H,1-5H3. The largest absolute Gasteiger partial charge is 0.248 e. The van der Waals surface area contributed by atoms with Crippen molar-refractivity contribution in [3.05, 3.63) is 59.7 Å². The maximum absolute atomic E-state index is 4.91. The summed E-state index contributed by atoms with van der Waals surface area (Å²) in [6, 6.07) is 17.7. The third-order valence-corrected chi connectivity index (χ3v) is 6.24. The van der Waals surface area contributed by atoms with E-state index in [2.05, 4.69) is 82.0 Å². The Morgan fingerprint density at radius 3 is 2.14 bits per heavy atom. The van der Waals surface area contributed by atoms with Gasteiger partial charge in [-0.25, -0.2) is 4.98 Å². The van der Waals surface area contributed by atoms with Crippen LogP contribution in [0.4, 0.5) is 0 Å². The molecular formula is C20H23NSi. The molecule has 0 fully saturated rings. The molecule has 1 nitrogen and oxygen atoms in total. The zero-order chi connectivity index (χ0) is 15.9. The third-order valence-electron chi connectivity index (χ3n) is 4.20. The molecular weight excluding hydrogens is 282 g/mol. The van der Waals surface area contributed by atoms with Crippen molar-refractivity contribution in [1.29, 1.82) is 0 Å². The van der Waals surface area contributed by atoms with Crippen LogP contribution < -0.4 is 5.19 Å². The highest BCUT2D eigenvalue weighted by Gasteiger charge is 2.17. The van der Waals surface area contributed by atoms with Gasteiger partial charge < -0.3 is 0 Å². The van der Waals surface area contributed by atoms with Crippen molar-refractivity contribution >= 4 is 24.2 Å². The van der Waals surface area contributed by atoms with Crippen molar-refractivity contribution in [1.82, 2.24) is 4.98 Å². The summed E-state index contributed by atoms with van der Waals surface area (Å²) < 4.78 is 0. The van der Waals surface area contributed by atoms with Gasteiger partial charge in [-0.3, -0.25) is 0 Å². The lowest BCUT2D eigenvalue weighted by molar-refractivity contribution is 1.32. The first-order valence-corrected chi connectivity index (χ1v) is 11.3. The van der Waals surface area contributed by atoms with Crippen LogP contribution in [0.25, 0.3) is 22.2 Å². The van der Waals surface area contributed by atoms with Crippen molar-refractivity contribution in [3.8, 4) is 11.3 Å². The topological polar surface area (TPSA) is 12.9 Å². The predicted octanol–water partition coefficient (Wildman–Crippen LogP) is 5.06. The van der Waals surface area contributed by atoms with Gasteiger partial charge in [0.2, 0.25) is 0 Å². The summed E-state index contributed by atoms with van der Waals surface area (Å²) >= 11 is 0. The summed E-state index contributed by atoms with van der Waals surface area (Å²) in [5, 5.41) is 2.75. The van der Waals surface area contributed by atoms with Crippen LogP contribution in [0.5, 0.6) is 0 Å². The molecule has 0 radical (unpaired) electrons. The van der Waals surface area contributed by atoms with Crippen LogP contribution in [-0.4, -0.2) is 13.1 Å². The van der Waals surface area contributed by atoms with Crippen molar-refractivity contribution in [2.24, 2.45) is 0 Å². The maximum atomic E-state index is 4.91. The molecule has 2 heteroatoms. The number of pyridine rings is 1. The molecule has 3 aromatic rings. The lowest BCUT2D eigenvalue weighted by Crippen LogP contribution is -2.37. The smallest absolute Gasteiger partial charge is 0.0776 e. The molecule has 0 spiro atoms. The molecule has 0 N–H and O–H groups in total. The molecule has 0 bridgehead atoms. The average Bonchev–Trinajstić information content (AvgIpc) is 2.46. The first-order valence-electron chi connectivity index (χ1n) is 7.83. The number of fused-ring (bicyclic) bond motifs is 1. The number of aromatic nitrogens is 1. The molecule has 0 aliphatic carbocycles. The average molecular weight is 305 g/mol. The number of hydrogen-bond donors (Lipinski definition) is 0. The molecule has 0 aliphatic rings. The van der Waals surface area contributed by atoms with Gasteiger partial charge in [-0.2, -0.15) is 0 Å². The van der Waals surface area contributed by atoms with Gasteiger partial charge in [0.05, 0.1) is 19.3 Å². The van der Waals surface area contributed by atoms with Gasteiger partial charge in [-0.15, -0.1) is 0 Å². The number of aryl methyl sites for hydroxylation is 2. The summed E-state index contributed by atoms with van der Waals surface area (Å²) in [5.41, 5.74) is 5.89. The Bertz CT molecular complexity index is 827. The molecule has 2 aromatic carbocycles. The summed E-state index contributed by atoms with van der Waals surface area (Å²) in [5.74, 6) is 0. The molecule has 0 aliphatic heterocycles. The van der Waals surface area contributed by atoms with Crippen molar-refractivity contribution in [2.45, 2.75) is 33.5 Å². The van der Waals surface area contributed by atoms with Gasteiger partial charge in [0.1, 0.15) is 0 Å². The van der Waals surface area contributed by atoms with Gasteiger partial charge in [0, 0.05) is 10.9 Å². The monoisotopic (exact) mass is 305 g/mol. The Labute approximate surface area is 134 Å². The Morgan fingerprint density at radius 2 is 1.50 bits per heavy atom. The van der Waals surface area contributed by atoms with E-state index in [1.165, 1.54) is 27.3 Å². The fourth-order valence-electron chi connectivity index (χ4n) is 2.75. The first-order chi connectivity index (χ1) is 10.3. The van der Waals surface area contributed by atoms with Crippen LogP contribution in [0, 0.1) is 13.8 Å². The van der Waals surface area contributed by atoms with Crippen LogP contribution >= 0.6 is 0 Å². The van der Waals surface area contributed by atoms with E-state index >= 15 is 0 Å². The zero-order valence-electron chi connectivity index (χ0n) is 14.1. The summed E-state index contributed by atoms with van der Waals surface area (Å²) in [6.45, 7) is 11.4. The second-order valence-electron chi connectivity index (χ2n) is 7.18. The van der Waals surface area contributed by atoms with Gasteiger partial charge in [0.15, 0.2) is 0 Å². The minimum atomic E-state index is -1.28. The Morgan fingerprint density at radius 1 is 0.818 bits per heavy atom. The van der Waals surface area contributed by atoms with Crippen LogP contribution in [0.3, 0.4) is 0 Å². The Hall–Kier alpha value is -1.93. The number of rotatable bonds is 2. The molecule has 0 amide bonds. The van der Waals surface area contributed by atoms with Crippen molar-refractivity contribution in [3.63, 3.8) is 0 Å². The second-order valence-corrected chi connectivity index (χ2v) is 12.3. The van der Waals surface area contributed by atoms with Gasteiger partial charge in [-0.1, -0.05) is 66.8 Å². The first kappa shape index (κ1) is 15.0. The van der Waals surface area contributed by atoms with Gasteiger partial charge >= 0.3 is 0 Å². The molecule has 112 valence electrons. The summed E-state index contributed by atoms with van der Waals surface area (Å²) in [4.78, 5) is 4.91. The van der Waals surface area contributed by atoms with E-state index < -0.39 is 8.07 Å². The highest BCUT2D eigenvalue weighted by Crippen LogP contribution is 2.25. The minimum absolute atomic E-state index is 1.09. The molecule has 0 atom stereocenters. The Kier molecular flexibility index (Phi) is 3.65. The zero-order valence-corrected chi connectivity index (χ0v) is 15.1. The fourth-order valence-corrected chi connectivity index (χ4v) is 3.92. The third kappa shape index (κ3) is 2.84. The highest BCUT2D eigenvalue weighted by molar-refractivity contribution is 6.88. The SMILES string of the molecule is Cc1ccc(-c2nc3ccc([Si](C)(C)C)cc3cc2C)cc1. The lowest BCUT2D eigenvalue weighted by Gasteiger charge is -2.17. The summed E-state index contributed by atoms with van der Waals surface area (Å²) in [7, 11) is -1.28. The molecule has 0 unspecified atom stereocenters. The van der Waals surface area contributed by atoms with Crippen LogP contribution in [0.2, 0.25) is 19.6 Å². The van der Waals surface area contributed by atoms with Crippen LogP contribution in [0.1, 0.15) is 11.1 Å². The quantitative estimate of drug-likeness (QED) is 0.603. The molecule has 0 saturated carbocycles. The second kappa shape index (κ2) is 5.36. The molecule has 1 heterocycles. The van der Waals surface area contributed by atoms with E-state index in [-0.39, 0.29) is 0 Å². The van der Waals surface area contributed by atoms with Crippen molar-refractivity contribution < 1.29 is 0 Å². The van der Waals surface area contributed by atoms with E-state index in [0.717, 1.165) is 11.2 Å². The van der Waals surface area contributed by atoms with E-state index in [4.69, 9.17) is 4.98 Å². The number of hydrogen-bond acceptors (Lipinski definition) is 1. The molecule has 3 rings (SSSR count). The minimum Gasteiger partial charge on any atom is -0.248 e. The van der Waals surface area contributed by atoms with Gasteiger partial charge in [0.25, 0.3) is 0 Å². The highest BCUT2D eigenvalue weighted by atomic mass is 28.3. The number of nitrogens with zero attached hydrogens (tertiary/aromatic N) is 1. The van der Waals surface area contributed by atoms with E-state index in [1.54, 1.807) is 0 Å². The maximum Gasteiger partial charge on any atom is 0.0776 e. The van der Waals surface area contributed by atoms with E-state index in [9.17, 15) is 0 Å². The predicted molar refractivity (Wildman–Crippen MR) is 99.6 cm³/mol. The number of benzene rings is 2. The van der Waals surface area contributed by atoms with Crippen LogP contribution in [-0.2, 0) is 0 Å².